The van der Waals surface area contributed by atoms with Gasteiger partial charge in [-0.25, -0.2) is 0 Å². The average Bonchev–Trinajstić information content (AvgIpc) is 2.25. The molecular formula is C12H26OSi. The molecule has 0 aliphatic carbocycles. The quantitative estimate of drug-likeness (QED) is 0.481. The van der Waals surface area contributed by atoms with E-state index in [9.17, 15) is 0 Å². The van der Waals surface area contributed by atoms with E-state index in [4.69, 9.17) is 4.43 Å². The molecule has 0 amide bonds. The van der Waals surface area contributed by atoms with Crippen molar-refractivity contribution in [2.45, 2.75) is 70.4 Å². The zero-order valence-corrected chi connectivity index (χ0v) is 11.1. The van der Waals surface area contributed by atoms with Gasteiger partial charge in [0.05, 0.1) is 0 Å². The van der Waals surface area contributed by atoms with Crippen LogP contribution < -0.4 is 0 Å². The van der Waals surface area contributed by atoms with Gasteiger partial charge in [-0.2, -0.15) is 0 Å². The van der Waals surface area contributed by atoms with Gasteiger partial charge in [0.1, 0.15) is 0 Å². The maximum Gasteiger partial charge on any atom is 0.179 e. The molecule has 1 heterocycles. The normalized spacial score (nSPS) is 24.9. The largest absolute Gasteiger partial charge is 0.420 e. The molecule has 2 atom stereocenters. The molecule has 1 rings (SSSR count). The van der Waals surface area contributed by atoms with E-state index >= 15 is 0 Å². The molecule has 2 heteroatoms. The van der Waals surface area contributed by atoms with Crippen LogP contribution in [0.2, 0.25) is 11.6 Å². The smallest absolute Gasteiger partial charge is 0.179 e. The Labute approximate surface area is 91.0 Å². The SMILES string of the molecule is CCCCCCC(C)[SiH]1CCCCO1. The molecule has 0 aromatic rings. The Morgan fingerprint density at radius 3 is 2.71 bits per heavy atom. The summed E-state index contributed by atoms with van der Waals surface area (Å²) in [5.74, 6) is 0. The van der Waals surface area contributed by atoms with Crippen LogP contribution in [0.15, 0.2) is 0 Å². The lowest BCUT2D eigenvalue weighted by atomic mass is 10.1. The van der Waals surface area contributed by atoms with E-state index in [1.54, 1.807) is 0 Å². The van der Waals surface area contributed by atoms with E-state index in [1.165, 1.54) is 51.0 Å². The molecular weight excluding hydrogens is 188 g/mol. The fourth-order valence-electron chi connectivity index (χ4n) is 2.29. The molecule has 2 unspecified atom stereocenters. The average molecular weight is 214 g/mol. The van der Waals surface area contributed by atoms with E-state index in [0.29, 0.717) is 0 Å². The first-order chi connectivity index (χ1) is 6.84. The Hall–Kier alpha value is 0.177. The maximum absolute atomic E-state index is 5.94. The third-order valence-corrected chi connectivity index (χ3v) is 6.61. The van der Waals surface area contributed by atoms with Crippen LogP contribution in [0.5, 0.6) is 0 Å². The molecule has 0 N–H and O–H groups in total. The Balaban J connectivity index is 2.04. The highest BCUT2D eigenvalue weighted by atomic mass is 28.3. The second kappa shape index (κ2) is 7.47. The monoisotopic (exact) mass is 214 g/mol. The van der Waals surface area contributed by atoms with Crippen LogP contribution in [0.4, 0.5) is 0 Å². The molecule has 0 bridgehead atoms. The molecule has 0 saturated carbocycles. The van der Waals surface area contributed by atoms with Crippen molar-refractivity contribution in [3.8, 4) is 0 Å². The van der Waals surface area contributed by atoms with Crippen molar-refractivity contribution < 1.29 is 4.43 Å². The first kappa shape index (κ1) is 12.2. The van der Waals surface area contributed by atoms with Gasteiger partial charge in [-0.15, -0.1) is 0 Å². The van der Waals surface area contributed by atoms with Crippen molar-refractivity contribution in [2.75, 3.05) is 6.61 Å². The third-order valence-electron chi connectivity index (χ3n) is 3.36. The topological polar surface area (TPSA) is 9.23 Å². The van der Waals surface area contributed by atoms with Crippen LogP contribution in [-0.4, -0.2) is 15.6 Å². The van der Waals surface area contributed by atoms with Crippen LogP contribution in [0, 0.1) is 0 Å². The molecule has 0 radical (unpaired) electrons. The van der Waals surface area contributed by atoms with Gasteiger partial charge < -0.3 is 4.43 Å². The number of hydrogen-bond donors (Lipinski definition) is 0. The first-order valence-corrected chi connectivity index (χ1v) is 8.41. The summed E-state index contributed by atoms with van der Waals surface area (Å²) in [5, 5.41) is 0. The Morgan fingerprint density at radius 2 is 2.07 bits per heavy atom. The van der Waals surface area contributed by atoms with Gasteiger partial charge in [0.25, 0.3) is 0 Å². The summed E-state index contributed by atoms with van der Waals surface area (Å²) in [5.41, 5.74) is 0.923. The van der Waals surface area contributed by atoms with Gasteiger partial charge in [0.2, 0.25) is 0 Å². The molecule has 1 saturated heterocycles. The standard InChI is InChI=1S/C12H26OSi/c1-3-4-5-6-9-12(2)14-11-8-7-10-13-14/h12,14H,3-11H2,1-2H3. The molecule has 1 aliphatic heterocycles. The summed E-state index contributed by atoms with van der Waals surface area (Å²) in [7, 11) is -0.772. The highest BCUT2D eigenvalue weighted by Gasteiger charge is 2.22. The summed E-state index contributed by atoms with van der Waals surface area (Å²) in [6.45, 7) is 5.77. The zero-order chi connectivity index (χ0) is 10.2. The van der Waals surface area contributed by atoms with Crippen molar-refractivity contribution >= 4 is 9.04 Å². The van der Waals surface area contributed by atoms with Gasteiger partial charge >= 0.3 is 0 Å². The highest BCUT2D eigenvalue weighted by Crippen LogP contribution is 2.26. The van der Waals surface area contributed by atoms with E-state index in [1.807, 2.05) is 0 Å². The molecule has 0 spiro atoms. The predicted molar refractivity (Wildman–Crippen MR) is 65.3 cm³/mol. The van der Waals surface area contributed by atoms with Gasteiger partial charge in [0.15, 0.2) is 9.04 Å². The third kappa shape index (κ3) is 4.60. The minimum Gasteiger partial charge on any atom is -0.420 e. The molecule has 1 aliphatic rings. The first-order valence-electron chi connectivity index (χ1n) is 6.46. The molecule has 0 aromatic heterocycles. The Bertz CT molecular complexity index is 132. The van der Waals surface area contributed by atoms with Crippen LogP contribution in [0.3, 0.4) is 0 Å². The fourth-order valence-corrected chi connectivity index (χ4v) is 5.13. The van der Waals surface area contributed by atoms with Crippen molar-refractivity contribution in [1.82, 2.24) is 0 Å². The van der Waals surface area contributed by atoms with Crippen LogP contribution in [-0.2, 0) is 4.43 Å². The minimum atomic E-state index is -0.772. The lowest BCUT2D eigenvalue weighted by molar-refractivity contribution is 0.278. The number of hydrogen-bond acceptors (Lipinski definition) is 1. The molecule has 1 fully saturated rings. The van der Waals surface area contributed by atoms with Crippen LogP contribution >= 0.6 is 0 Å². The summed E-state index contributed by atoms with van der Waals surface area (Å²) in [6.07, 6.45) is 9.81. The lowest BCUT2D eigenvalue weighted by Gasteiger charge is -2.26. The Kier molecular flexibility index (Phi) is 6.53. The second-order valence-corrected chi connectivity index (χ2v) is 7.86. The molecule has 14 heavy (non-hydrogen) atoms. The van der Waals surface area contributed by atoms with Crippen LogP contribution in [0.1, 0.15) is 58.8 Å². The molecule has 0 aromatic carbocycles. The highest BCUT2D eigenvalue weighted by molar-refractivity contribution is 6.53. The fraction of sp³-hybridized carbons (Fsp3) is 1.00. The van der Waals surface area contributed by atoms with Crippen molar-refractivity contribution in [3.05, 3.63) is 0 Å². The van der Waals surface area contributed by atoms with Gasteiger partial charge in [-0.1, -0.05) is 52.4 Å². The van der Waals surface area contributed by atoms with Gasteiger partial charge in [0, 0.05) is 6.61 Å². The predicted octanol–water partition coefficient (Wildman–Crippen LogP) is 3.88. The minimum absolute atomic E-state index is 0.772. The van der Waals surface area contributed by atoms with E-state index in [-0.39, 0.29) is 0 Å². The lowest BCUT2D eigenvalue weighted by Crippen LogP contribution is -2.27. The summed E-state index contributed by atoms with van der Waals surface area (Å²) >= 11 is 0. The van der Waals surface area contributed by atoms with Crippen molar-refractivity contribution in [3.63, 3.8) is 0 Å². The maximum atomic E-state index is 5.94. The number of unbranched alkanes of at least 4 members (excludes halogenated alkanes) is 3. The summed E-state index contributed by atoms with van der Waals surface area (Å²) < 4.78 is 5.94. The summed E-state index contributed by atoms with van der Waals surface area (Å²) in [4.78, 5) is 0. The molecule has 1 nitrogen and oxygen atoms in total. The van der Waals surface area contributed by atoms with E-state index < -0.39 is 9.04 Å². The van der Waals surface area contributed by atoms with Crippen molar-refractivity contribution in [1.29, 1.82) is 0 Å². The summed E-state index contributed by atoms with van der Waals surface area (Å²) in [6, 6.07) is 1.44. The number of rotatable bonds is 6. The van der Waals surface area contributed by atoms with Gasteiger partial charge in [-0.3, -0.25) is 0 Å². The zero-order valence-electron chi connectivity index (χ0n) is 9.93. The van der Waals surface area contributed by atoms with Gasteiger partial charge in [-0.05, 0) is 18.0 Å². The van der Waals surface area contributed by atoms with E-state index in [0.717, 1.165) is 12.1 Å². The Morgan fingerprint density at radius 1 is 1.21 bits per heavy atom. The van der Waals surface area contributed by atoms with E-state index in [2.05, 4.69) is 13.8 Å². The van der Waals surface area contributed by atoms with Crippen LogP contribution in [0.25, 0.3) is 0 Å². The molecule has 84 valence electrons. The van der Waals surface area contributed by atoms with Crippen molar-refractivity contribution in [2.24, 2.45) is 0 Å². The second-order valence-electron chi connectivity index (χ2n) is 4.73.